The quantitative estimate of drug-likeness (QED) is 0.718. The van der Waals surface area contributed by atoms with Crippen molar-refractivity contribution >= 4 is 34.5 Å². The number of halogens is 1. The van der Waals surface area contributed by atoms with Gasteiger partial charge in [0.15, 0.2) is 0 Å². The normalized spacial score (nSPS) is 18.3. The van der Waals surface area contributed by atoms with E-state index in [9.17, 15) is 16.8 Å². The minimum absolute atomic E-state index is 0.0239. The van der Waals surface area contributed by atoms with Gasteiger partial charge in [0.05, 0.1) is 10.3 Å². The molecule has 2 rings (SSSR count). The van der Waals surface area contributed by atoms with Gasteiger partial charge >= 0.3 is 0 Å². The lowest BCUT2D eigenvalue weighted by atomic mass is 10.2. The number of hydrogen-bond donors (Lipinski definition) is 0. The topological polar surface area (TPSA) is 68.3 Å². The van der Waals surface area contributed by atoms with Gasteiger partial charge in [0.1, 0.15) is 4.91 Å². The third kappa shape index (κ3) is 1.68. The Bertz CT molecular complexity index is 656. The van der Waals surface area contributed by atoms with E-state index in [4.69, 9.17) is 10.7 Å². The second-order valence-corrected chi connectivity index (χ2v) is 7.26. The van der Waals surface area contributed by atoms with Crippen LogP contribution < -0.4 is 0 Å². The summed E-state index contributed by atoms with van der Waals surface area (Å²) in [6.45, 7) is 0. The third-order valence-electron chi connectivity index (χ3n) is 1.98. The molecule has 1 aliphatic heterocycles. The second-order valence-electron chi connectivity index (χ2n) is 2.96. The molecule has 0 aromatic heterocycles. The highest BCUT2D eigenvalue weighted by Gasteiger charge is 2.32. The van der Waals surface area contributed by atoms with Gasteiger partial charge in [0.2, 0.25) is 9.84 Å². The highest BCUT2D eigenvalue weighted by Crippen LogP contribution is 2.37. The molecule has 1 heterocycles. The first-order valence-corrected chi connectivity index (χ1v) is 7.69. The Kier molecular flexibility index (Phi) is 2.18. The molecule has 4 nitrogen and oxygen atoms in total. The number of hydrogen-bond acceptors (Lipinski definition) is 4. The van der Waals surface area contributed by atoms with Gasteiger partial charge in [-0.15, -0.1) is 0 Å². The molecule has 1 aromatic rings. The van der Waals surface area contributed by atoms with Crippen molar-refractivity contribution in [3.63, 3.8) is 0 Å². The molecule has 1 aromatic carbocycles. The van der Waals surface area contributed by atoms with Gasteiger partial charge in [0.25, 0.3) is 9.05 Å². The molecule has 80 valence electrons. The zero-order valence-electron chi connectivity index (χ0n) is 7.21. The Labute approximate surface area is 91.5 Å². The van der Waals surface area contributed by atoms with Crippen LogP contribution in [0.15, 0.2) is 34.6 Å². The van der Waals surface area contributed by atoms with Crippen LogP contribution >= 0.6 is 10.7 Å². The van der Waals surface area contributed by atoms with E-state index < -0.39 is 18.9 Å². The molecule has 0 aliphatic carbocycles. The first kappa shape index (κ1) is 10.7. The van der Waals surface area contributed by atoms with Gasteiger partial charge in [-0.3, -0.25) is 0 Å². The van der Waals surface area contributed by atoms with Crippen molar-refractivity contribution in [2.45, 2.75) is 4.90 Å². The van der Waals surface area contributed by atoms with Crippen LogP contribution in [0.3, 0.4) is 0 Å². The van der Waals surface area contributed by atoms with Crippen LogP contribution in [0, 0.1) is 0 Å². The van der Waals surface area contributed by atoms with Crippen LogP contribution in [0.2, 0.25) is 0 Å². The Balaban J connectivity index is 2.87. The molecule has 0 saturated carbocycles. The molecular formula is C8H5ClO4S2. The van der Waals surface area contributed by atoms with E-state index in [1.165, 1.54) is 18.2 Å². The molecule has 0 radical (unpaired) electrons. The van der Waals surface area contributed by atoms with E-state index in [1.54, 1.807) is 6.07 Å². The minimum Gasteiger partial charge on any atom is -0.219 e. The Morgan fingerprint density at radius 1 is 1.13 bits per heavy atom. The Morgan fingerprint density at radius 3 is 2.33 bits per heavy atom. The summed E-state index contributed by atoms with van der Waals surface area (Å²) >= 11 is 0. The van der Waals surface area contributed by atoms with E-state index in [-0.39, 0.29) is 15.4 Å². The van der Waals surface area contributed by atoms with Gasteiger partial charge in [-0.05, 0) is 6.07 Å². The summed E-state index contributed by atoms with van der Waals surface area (Å²) in [4.78, 5) is -0.385. The highest BCUT2D eigenvalue weighted by atomic mass is 35.7. The fourth-order valence-corrected chi connectivity index (χ4v) is 4.59. The van der Waals surface area contributed by atoms with Gasteiger partial charge in [-0.2, -0.15) is 0 Å². The molecule has 0 atom stereocenters. The lowest BCUT2D eigenvalue weighted by Crippen LogP contribution is -1.93. The highest BCUT2D eigenvalue weighted by molar-refractivity contribution is 8.21. The number of benzene rings is 1. The monoisotopic (exact) mass is 264 g/mol. The van der Waals surface area contributed by atoms with E-state index in [2.05, 4.69) is 0 Å². The van der Waals surface area contributed by atoms with Crippen molar-refractivity contribution in [3.8, 4) is 0 Å². The molecular weight excluding hydrogens is 260 g/mol. The second kappa shape index (κ2) is 3.07. The van der Waals surface area contributed by atoms with Crippen LogP contribution in [0.5, 0.6) is 0 Å². The molecule has 0 spiro atoms. The summed E-state index contributed by atoms with van der Waals surface area (Å²) < 4.78 is 45.3. The standard InChI is InChI=1S/C8H5ClO4S2/c9-15(12,13)8-5-14(10,11)7-4-2-1-3-6(7)8/h1-5H. The van der Waals surface area contributed by atoms with E-state index in [0.29, 0.717) is 5.41 Å². The summed E-state index contributed by atoms with van der Waals surface area (Å²) in [5.74, 6) is 0. The van der Waals surface area contributed by atoms with Crippen LogP contribution in [0.1, 0.15) is 5.56 Å². The lowest BCUT2D eigenvalue weighted by molar-refractivity contribution is 0.605. The maximum atomic E-state index is 11.5. The first-order valence-electron chi connectivity index (χ1n) is 3.83. The zero-order chi connectivity index (χ0) is 11.3. The van der Waals surface area contributed by atoms with Crippen molar-refractivity contribution in [3.05, 3.63) is 35.2 Å². The summed E-state index contributed by atoms with van der Waals surface area (Å²) in [6, 6.07) is 5.82. The molecule has 0 N–H and O–H groups in total. The first-order chi connectivity index (χ1) is 6.82. The van der Waals surface area contributed by atoms with Crippen LogP contribution in [-0.4, -0.2) is 16.8 Å². The predicted octanol–water partition coefficient (Wildman–Crippen LogP) is 1.34. The van der Waals surface area contributed by atoms with Crippen molar-refractivity contribution in [2.75, 3.05) is 0 Å². The molecule has 15 heavy (non-hydrogen) atoms. The number of rotatable bonds is 1. The average molecular weight is 265 g/mol. The Hall–Kier alpha value is -0.850. The Morgan fingerprint density at radius 2 is 1.73 bits per heavy atom. The van der Waals surface area contributed by atoms with Crippen LogP contribution in [0.25, 0.3) is 4.91 Å². The molecule has 7 heteroatoms. The molecule has 0 fully saturated rings. The maximum absolute atomic E-state index is 11.5. The lowest BCUT2D eigenvalue weighted by Gasteiger charge is -1.99. The van der Waals surface area contributed by atoms with Crippen LogP contribution in [-0.2, 0) is 18.9 Å². The van der Waals surface area contributed by atoms with E-state index >= 15 is 0 Å². The number of fused-ring (bicyclic) bond motifs is 1. The van der Waals surface area contributed by atoms with Crippen molar-refractivity contribution in [2.24, 2.45) is 0 Å². The summed E-state index contributed by atoms with van der Waals surface area (Å²) in [6.07, 6.45) is 0. The minimum atomic E-state index is -4.03. The number of sulfone groups is 1. The summed E-state index contributed by atoms with van der Waals surface area (Å²) in [5.41, 5.74) is 0.132. The summed E-state index contributed by atoms with van der Waals surface area (Å²) in [5, 5.41) is 0.681. The van der Waals surface area contributed by atoms with Crippen molar-refractivity contribution in [1.82, 2.24) is 0 Å². The molecule has 0 unspecified atom stereocenters. The van der Waals surface area contributed by atoms with Crippen molar-refractivity contribution in [1.29, 1.82) is 0 Å². The predicted molar refractivity (Wildman–Crippen MR) is 56.4 cm³/mol. The third-order valence-corrected chi connectivity index (χ3v) is 5.01. The van der Waals surface area contributed by atoms with Gasteiger partial charge < -0.3 is 0 Å². The fourth-order valence-electron chi connectivity index (χ4n) is 1.37. The maximum Gasteiger partial charge on any atom is 0.262 e. The average Bonchev–Trinajstić information content (AvgIpc) is 2.39. The molecule has 1 aliphatic rings. The fraction of sp³-hybridized carbons (Fsp3) is 0. The molecule has 0 saturated heterocycles. The van der Waals surface area contributed by atoms with Gasteiger partial charge in [-0.1, -0.05) is 18.2 Å². The largest absolute Gasteiger partial charge is 0.262 e. The SMILES string of the molecule is O=S(=O)(Cl)C1=CS(=O)(=O)c2ccccc21. The zero-order valence-corrected chi connectivity index (χ0v) is 9.60. The smallest absolute Gasteiger partial charge is 0.219 e. The van der Waals surface area contributed by atoms with Crippen molar-refractivity contribution < 1.29 is 16.8 Å². The molecule has 0 amide bonds. The van der Waals surface area contributed by atoms with Gasteiger partial charge in [-0.25, -0.2) is 16.8 Å². The van der Waals surface area contributed by atoms with E-state index in [0.717, 1.165) is 0 Å². The van der Waals surface area contributed by atoms with Crippen LogP contribution in [0.4, 0.5) is 0 Å². The van der Waals surface area contributed by atoms with E-state index in [1.807, 2.05) is 0 Å². The molecule has 0 bridgehead atoms. The summed E-state index contributed by atoms with van der Waals surface area (Å²) in [7, 11) is -2.56. The van der Waals surface area contributed by atoms with Gasteiger partial charge in [0, 0.05) is 16.2 Å².